The summed E-state index contributed by atoms with van der Waals surface area (Å²) >= 11 is 0. The number of nitrogens with zero attached hydrogens (tertiary/aromatic N) is 1. The zero-order valence-corrected chi connectivity index (χ0v) is 17.3. The molecular formula is C24H26N2O4. The van der Waals surface area contributed by atoms with Crippen LogP contribution in [0.2, 0.25) is 0 Å². The van der Waals surface area contributed by atoms with Gasteiger partial charge in [0, 0.05) is 17.7 Å². The first-order valence-corrected chi connectivity index (χ1v) is 10.2. The third-order valence-corrected chi connectivity index (χ3v) is 5.75. The number of anilines is 1. The number of oxazole rings is 1. The molecule has 6 nitrogen and oxygen atoms in total. The highest BCUT2D eigenvalue weighted by atomic mass is 16.5. The fraction of sp³-hybridized carbons (Fsp3) is 0.333. The van der Waals surface area contributed by atoms with Gasteiger partial charge in [0.25, 0.3) is 0 Å². The minimum Gasteiger partial charge on any atom is -0.493 e. The predicted molar refractivity (Wildman–Crippen MR) is 115 cm³/mol. The minimum atomic E-state index is -0.746. The van der Waals surface area contributed by atoms with Crippen LogP contribution in [0.1, 0.15) is 46.9 Å². The maximum Gasteiger partial charge on any atom is 0.303 e. The molecule has 1 aliphatic rings. The molecule has 2 aromatic carbocycles. The number of nitrogen functional groups attached to an aromatic ring is 1. The monoisotopic (exact) mass is 406 g/mol. The summed E-state index contributed by atoms with van der Waals surface area (Å²) in [6.45, 7) is 4.36. The van der Waals surface area contributed by atoms with Crippen LogP contribution < -0.4 is 10.5 Å². The zero-order chi connectivity index (χ0) is 21.3. The van der Waals surface area contributed by atoms with Crippen LogP contribution in [0.4, 0.5) is 5.69 Å². The van der Waals surface area contributed by atoms with Crippen molar-refractivity contribution in [2.75, 3.05) is 12.3 Å². The first-order valence-electron chi connectivity index (χ1n) is 10.2. The summed E-state index contributed by atoms with van der Waals surface area (Å²) in [5.74, 6) is 1.55. The van der Waals surface area contributed by atoms with Gasteiger partial charge in [0.05, 0.1) is 18.7 Å². The van der Waals surface area contributed by atoms with E-state index in [4.69, 9.17) is 20.0 Å². The number of rotatable bonds is 7. The van der Waals surface area contributed by atoms with E-state index in [0.717, 1.165) is 52.4 Å². The number of hydrogen-bond donors (Lipinski definition) is 2. The van der Waals surface area contributed by atoms with Crippen molar-refractivity contribution in [3.05, 3.63) is 64.5 Å². The Labute approximate surface area is 175 Å². The Morgan fingerprint density at radius 2 is 2.10 bits per heavy atom. The molecule has 1 aliphatic carbocycles. The van der Waals surface area contributed by atoms with Crippen LogP contribution >= 0.6 is 0 Å². The molecule has 156 valence electrons. The van der Waals surface area contributed by atoms with E-state index in [2.05, 4.69) is 4.98 Å². The van der Waals surface area contributed by atoms with E-state index in [-0.39, 0.29) is 12.3 Å². The van der Waals surface area contributed by atoms with Crippen molar-refractivity contribution in [3.63, 3.8) is 0 Å². The maximum absolute atomic E-state index is 11.0. The van der Waals surface area contributed by atoms with Crippen molar-refractivity contribution < 1.29 is 19.1 Å². The van der Waals surface area contributed by atoms with Gasteiger partial charge in [-0.15, -0.1) is 0 Å². The molecule has 3 aromatic rings. The number of hydrogen-bond acceptors (Lipinski definition) is 5. The lowest BCUT2D eigenvalue weighted by atomic mass is 9.98. The Kier molecular flexibility index (Phi) is 5.48. The van der Waals surface area contributed by atoms with Gasteiger partial charge in [0.15, 0.2) is 0 Å². The first kappa shape index (κ1) is 20.0. The molecule has 0 amide bonds. The second-order valence-electron chi connectivity index (χ2n) is 7.89. The number of ether oxygens (including phenoxy) is 1. The lowest BCUT2D eigenvalue weighted by molar-refractivity contribution is -0.137. The summed E-state index contributed by atoms with van der Waals surface area (Å²) in [7, 11) is 0. The summed E-state index contributed by atoms with van der Waals surface area (Å²) in [6, 6.07) is 11.7. The van der Waals surface area contributed by atoms with Crippen LogP contribution in [0.25, 0.3) is 11.5 Å². The van der Waals surface area contributed by atoms with Crippen molar-refractivity contribution in [1.82, 2.24) is 4.98 Å². The molecule has 1 aromatic heterocycles. The Morgan fingerprint density at radius 3 is 2.87 bits per heavy atom. The fourth-order valence-electron chi connectivity index (χ4n) is 4.05. The normalized spacial score (nSPS) is 15.2. The molecule has 0 radical (unpaired) electrons. The summed E-state index contributed by atoms with van der Waals surface area (Å²) in [5.41, 5.74) is 11.8. The molecule has 0 unspecified atom stereocenters. The van der Waals surface area contributed by atoms with Gasteiger partial charge in [-0.3, -0.25) is 4.79 Å². The van der Waals surface area contributed by atoms with Crippen LogP contribution in [0.15, 0.2) is 40.8 Å². The molecule has 0 aliphatic heterocycles. The summed E-state index contributed by atoms with van der Waals surface area (Å²) in [6.07, 6.45) is 2.62. The number of carboxylic acid groups (broad SMARTS) is 1. The maximum atomic E-state index is 11.0. The van der Waals surface area contributed by atoms with E-state index in [1.165, 1.54) is 5.56 Å². The summed E-state index contributed by atoms with van der Waals surface area (Å²) in [4.78, 5) is 15.6. The Morgan fingerprint density at radius 1 is 1.27 bits per heavy atom. The van der Waals surface area contributed by atoms with Gasteiger partial charge in [-0.1, -0.05) is 6.07 Å². The minimum absolute atomic E-state index is 0.111. The van der Waals surface area contributed by atoms with Gasteiger partial charge in [-0.05, 0) is 79.6 Å². The van der Waals surface area contributed by atoms with Crippen LogP contribution in [0.3, 0.4) is 0 Å². The quantitative estimate of drug-likeness (QED) is 0.554. The lowest BCUT2D eigenvalue weighted by Crippen LogP contribution is -2.04. The third-order valence-electron chi connectivity index (χ3n) is 5.75. The van der Waals surface area contributed by atoms with Crippen molar-refractivity contribution in [2.45, 2.75) is 45.4 Å². The topological polar surface area (TPSA) is 98.6 Å². The van der Waals surface area contributed by atoms with Crippen LogP contribution in [0, 0.1) is 13.8 Å². The molecule has 3 N–H and O–H groups in total. The molecule has 4 rings (SSSR count). The number of aliphatic carboxylic acids is 1. The number of carboxylic acids is 1. The van der Waals surface area contributed by atoms with Gasteiger partial charge in [0.1, 0.15) is 11.5 Å². The van der Waals surface area contributed by atoms with Gasteiger partial charge in [-0.2, -0.15) is 0 Å². The van der Waals surface area contributed by atoms with E-state index >= 15 is 0 Å². The molecule has 0 fully saturated rings. The Balaban J connectivity index is 1.39. The predicted octanol–water partition coefficient (Wildman–Crippen LogP) is 4.67. The third kappa shape index (κ3) is 4.17. The van der Waals surface area contributed by atoms with E-state index < -0.39 is 5.97 Å². The van der Waals surface area contributed by atoms with Crippen molar-refractivity contribution >= 4 is 11.7 Å². The van der Waals surface area contributed by atoms with Crippen molar-refractivity contribution in [1.29, 1.82) is 0 Å². The highest BCUT2D eigenvalue weighted by Crippen LogP contribution is 2.37. The van der Waals surface area contributed by atoms with Crippen LogP contribution in [0.5, 0.6) is 5.75 Å². The molecule has 1 heterocycles. The summed E-state index contributed by atoms with van der Waals surface area (Å²) < 4.78 is 11.8. The molecule has 0 saturated heterocycles. The second kappa shape index (κ2) is 8.22. The lowest BCUT2D eigenvalue weighted by Gasteiger charge is -2.10. The smallest absolute Gasteiger partial charge is 0.303 e. The SMILES string of the molecule is Cc1cc(-c2nc(CCOc3ccc4c(c3)CC[C@H]4CC(=O)O)c(C)o2)ccc1N. The van der Waals surface area contributed by atoms with Gasteiger partial charge in [-0.25, -0.2) is 4.98 Å². The van der Waals surface area contributed by atoms with Crippen molar-refractivity contribution in [2.24, 2.45) is 0 Å². The molecular weight excluding hydrogens is 380 g/mol. The number of aryl methyl sites for hydroxylation is 3. The zero-order valence-electron chi connectivity index (χ0n) is 17.3. The first-order chi connectivity index (χ1) is 14.4. The highest BCUT2D eigenvalue weighted by Gasteiger charge is 2.25. The number of fused-ring (bicyclic) bond motifs is 1. The standard InChI is InChI=1S/C24H26N2O4/c1-14-11-18(5-8-21(14)25)24-26-22(15(2)30-24)9-10-29-19-6-7-20-16(12-19)3-4-17(20)13-23(27)28/h5-8,11-12,17H,3-4,9-10,13,25H2,1-2H3,(H,27,28)/t17-/m0/s1. The molecule has 0 spiro atoms. The molecule has 6 heteroatoms. The number of aromatic nitrogens is 1. The Bertz CT molecular complexity index is 1090. The van der Waals surface area contributed by atoms with Gasteiger partial charge >= 0.3 is 5.97 Å². The fourth-order valence-corrected chi connectivity index (χ4v) is 4.05. The molecule has 0 bridgehead atoms. The molecule has 1 atom stereocenters. The molecule has 30 heavy (non-hydrogen) atoms. The van der Waals surface area contributed by atoms with Crippen LogP contribution in [-0.4, -0.2) is 22.7 Å². The average molecular weight is 406 g/mol. The van der Waals surface area contributed by atoms with E-state index in [9.17, 15) is 4.79 Å². The molecule has 0 saturated carbocycles. The second-order valence-corrected chi connectivity index (χ2v) is 7.89. The summed E-state index contributed by atoms with van der Waals surface area (Å²) in [5, 5.41) is 9.06. The van der Waals surface area contributed by atoms with E-state index in [1.54, 1.807) is 0 Å². The van der Waals surface area contributed by atoms with E-state index in [0.29, 0.717) is 18.9 Å². The van der Waals surface area contributed by atoms with Crippen molar-refractivity contribution in [3.8, 4) is 17.2 Å². The van der Waals surface area contributed by atoms with Crippen LogP contribution in [-0.2, 0) is 17.6 Å². The largest absolute Gasteiger partial charge is 0.493 e. The van der Waals surface area contributed by atoms with E-state index in [1.807, 2.05) is 50.2 Å². The number of carbonyl (C=O) groups is 1. The van der Waals surface area contributed by atoms with Gasteiger partial charge in [0.2, 0.25) is 5.89 Å². The number of nitrogens with two attached hydrogens (primary N) is 1. The number of benzene rings is 2. The van der Waals surface area contributed by atoms with Gasteiger partial charge < -0.3 is 20.0 Å². The average Bonchev–Trinajstić information content (AvgIpc) is 3.27. The highest BCUT2D eigenvalue weighted by molar-refractivity contribution is 5.68. The Hall–Kier alpha value is -3.28.